The third kappa shape index (κ3) is 2.65. The summed E-state index contributed by atoms with van der Waals surface area (Å²) in [7, 11) is 0. The van der Waals surface area contributed by atoms with Crippen LogP contribution in [0.2, 0.25) is 5.02 Å². The van der Waals surface area contributed by atoms with Crippen molar-refractivity contribution in [3.05, 3.63) is 28.8 Å². The number of nitrogens with zero attached hydrogens (tertiary/aromatic N) is 1. The molecule has 0 aromatic heterocycles. The van der Waals surface area contributed by atoms with E-state index in [9.17, 15) is 5.11 Å². The average molecular weight is 268 g/mol. The van der Waals surface area contributed by atoms with Crippen LogP contribution in [0.15, 0.2) is 18.2 Å². The van der Waals surface area contributed by atoms with Gasteiger partial charge in [-0.2, -0.15) is 0 Å². The van der Waals surface area contributed by atoms with Gasteiger partial charge in [-0.25, -0.2) is 0 Å². The van der Waals surface area contributed by atoms with Crippen molar-refractivity contribution in [3.8, 4) is 0 Å². The maximum atomic E-state index is 9.49. The minimum Gasteiger partial charge on any atom is -0.392 e. The van der Waals surface area contributed by atoms with Gasteiger partial charge in [0.1, 0.15) is 0 Å². The van der Waals surface area contributed by atoms with Crippen molar-refractivity contribution in [2.75, 3.05) is 11.4 Å². The van der Waals surface area contributed by atoms with Crippen molar-refractivity contribution < 1.29 is 5.11 Å². The highest BCUT2D eigenvalue weighted by atomic mass is 35.5. The van der Waals surface area contributed by atoms with Gasteiger partial charge >= 0.3 is 0 Å². The number of anilines is 1. The molecular formula is C15H22ClNO. The Labute approximate surface area is 115 Å². The minimum atomic E-state index is 0.0679. The van der Waals surface area contributed by atoms with E-state index in [1.165, 1.54) is 6.42 Å². The third-order valence-corrected chi connectivity index (χ3v) is 4.36. The fourth-order valence-electron chi connectivity index (χ4n) is 2.97. The van der Waals surface area contributed by atoms with Gasteiger partial charge in [0.2, 0.25) is 0 Å². The highest BCUT2D eigenvalue weighted by Crippen LogP contribution is 2.34. The van der Waals surface area contributed by atoms with Gasteiger partial charge in [-0.3, -0.25) is 0 Å². The van der Waals surface area contributed by atoms with E-state index in [1.807, 2.05) is 18.2 Å². The predicted octanol–water partition coefficient (Wildman–Crippen LogP) is 3.70. The number of halogens is 1. The average Bonchev–Trinajstić information content (AvgIpc) is 2.33. The zero-order valence-corrected chi connectivity index (χ0v) is 12.1. The highest BCUT2D eigenvalue weighted by molar-refractivity contribution is 6.30. The molecule has 0 saturated carbocycles. The van der Waals surface area contributed by atoms with Crippen LogP contribution in [-0.2, 0) is 6.61 Å². The monoisotopic (exact) mass is 267 g/mol. The van der Waals surface area contributed by atoms with E-state index in [1.54, 1.807) is 0 Å². The molecule has 2 nitrogen and oxygen atoms in total. The minimum absolute atomic E-state index is 0.0679. The molecule has 3 unspecified atom stereocenters. The summed E-state index contributed by atoms with van der Waals surface area (Å²) in [5.41, 5.74) is 2.06. The number of hydrogen-bond acceptors (Lipinski definition) is 2. The van der Waals surface area contributed by atoms with Gasteiger partial charge in [-0.15, -0.1) is 0 Å². The highest BCUT2D eigenvalue weighted by Gasteiger charge is 2.29. The maximum absolute atomic E-state index is 9.49. The quantitative estimate of drug-likeness (QED) is 0.883. The van der Waals surface area contributed by atoms with Crippen molar-refractivity contribution in [3.63, 3.8) is 0 Å². The van der Waals surface area contributed by atoms with E-state index >= 15 is 0 Å². The summed E-state index contributed by atoms with van der Waals surface area (Å²) in [5, 5.41) is 10.2. The van der Waals surface area contributed by atoms with Crippen LogP contribution < -0.4 is 4.90 Å². The molecular weight excluding hydrogens is 246 g/mol. The van der Waals surface area contributed by atoms with Crippen LogP contribution in [0.4, 0.5) is 5.69 Å². The molecule has 0 amide bonds. The van der Waals surface area contributed by atoms with Crippen LogP contribution in [0.25, 0.3) is 0 Å². The molecule has 0 aliphatic carbocycles. The maximum Gasteiger partial charge on any atom is 0.0702 e. The number of hydrogen-bond donors (Lipinski definition) is 1. The van der Waals surface area contributed by atoms with Crippen molar-refractivity contribution in [2.45, 2.75) is 39.8 Å². The lowest BCUT2D eigenvalue weighted by Gasteiger charge is -2.43. The third-order valence-electron chi connectivity index (χ3n) is 4.12. The van der Waals surface area contributed by atoms with E-state index in [-0.39, 0.29) is 6.61 Å². The van der Waals surface area contributed by atoms with Gasteiger partial charge in [0, 0.05) is 28.9 Å². The number of aliphatic hydroxyl groups excluding tert-OH is 1. The molecule has 1 aliphatic rings. The van der Waals surface area contributed by atoms with E-state index < -0.39 is 0 Å². The van der Waals surface area contributed by atoms with Gasteiger partial charge in [-0.05, 0) is 37.3 Å². The molecule has 3 heteroatoms. The zero-order valence-electron chi connectivity index (χ0n) is 11.4. The number of aliphatic hydroxyl groups is 1. The van der Waals surface area contributed by atoms with Gasteiger partial charge in [-0.1, -0.05) is 31.5 Å². The molecule has 1 saturated heterocycles. The summed E-state index contributed by atoms with van der Waals surface area (Å²) in [6.45, 7) is 7.96. The first-order chi connectivity index (χ1) is 8.52. The topological polar surface area (TPSA) is 23.5 Å². The predicted molar refractivity (Wildman–Crippen MR) is 77.1 cm³/mol. The Kier molecular flexibility index (Phi) is 4.18. The summed E-state index contributed by atoms with van der Waals surface area (Å²) >= 11 is 6.11. The number of rotatable bonds is 2. The first-order valence-corrected chi connectivity index (χ1v) is 7.06. The lowest BCUT2D eigenvalue weighted by molar-refractivity contribution is 0.276. The molecule has 0 radical (unpaired) electrons. The smallest absolute Gasteiger partial charge is 0.0702 e. The normalized spacial score (nSPS) is 28.5. The van der Waals surface area contributed by atoms with Crippen LogP contribution in [0.1, 0.15) is 32.8 Å². The van der Waals surface area contributed by atoms with Gasteiger partial charge in [0.15, 0.2) is 0 Å². The van der Waals surface area contributed by atoms with Crippen LogP contribution >= 0.6 is 11.6 Å². The lowest BCUT2D eigenvalue weighted by Crippen LogP contribution is -2.46. The molecule has 1 aromatic carbocycles. The molecule has 0 bridgehead atoms. The first-order valence-electron chi connectivity index (χ1n) is 6.68. The lowest BCUT2D eigenvalue weighted by atomic mass is 9.85. The Balaban J connectivity index is 2.37. The Morgan fingerprint density at radius 2 is 2.06 bits per heavy atom. The summed E-state index contributed by atoms with van der Waals surface area (Å²) in [5.74, 6) is 1.35. The Morgan fingerprint density at radius 1 is 1.33 bits per heavy atom. The van der Waals surface area contributed by atoms with Gasteiger partial charge in [0.05, 0.1) is 6.61 Å². The summed E-state index contributed by atoms with van der Waals surface area (Å²) in [6.07, 6.45) is 1.27. The fraction of sp³-hybridized carbons (Fsp3) is 0.600. The second-order valence-corrected chi connectivity index (χ2v) is 6.08. The molecule has 3 atom stereocenters. The molecule has 1 fully saturated rings. The Morgan fingerprint density at radius 3 is 2.72 bits per heavy atom. The Hall–Kier alpha value is -0.730. The molecule has 18 heavy (non-hydrogen) atoms. The number of piperidine rings is 1. The first kappa shape index (κ1) is 13.7. The van der Waals surface area contributed by atoms with Crippen molar-refractivity contribution in [1.82, 2.24) is 0 Å². The van der Waals surface area contributed by atoms with Crippen LogP contribution in [0, 0.1) is 11.8 Å². The summed E-state index contributed by atoms with van der Waals surface area (Å²) in [6, 6.07) is 6.24. The standard InChI is InChI=1S/C15H22ClNO/c1-10-6-11(2)12(3)17(8-10)15-7-14(16)5-4-13(15)9-18/h4-5,7,10-12,18H,6,8-9H2,1-3H3. The van der Waals surface area contributed by atoms with Gasteiger partial charge < -0.3 is 10.0 Å². The van der Waals surface area contributed by atoms with Crippen LogP contribution in [0.5, 0.6) is 0 Å². The van der Waals surface area contributed by atoms with Crippen molar-refractivity contribution >= 4 is 17.3 Å². The van der Waals surface area contributed by atoms with E-state index in [2.05, 4.69) is 25.7 Å². The SMILES string of the molecule is CC1CC(C)C(C)N(c2cc(Cl)ccc2CO)C1. The molecule has 1 aromatic rings. The zero-order chi connectivity index (χ0) is 13.3. The van der Waals surface area contributed by atoms with Crippen LogP contribution in [0.3, 0.4) is 0 Å². The summed E-state index contributed by atoms with van der Waals surface area (Å²) < 4.78 is 0. The van der Waals surface area contributed by atoms with Crippen molar-refractivity contribution in [1.29, 1.82) is 0 Å². The fourth-order valence-corrected chi connectivity index (χ4v) is 3.14. The second-order valence-electron chi connectivity index (χ2n) is 5.64. The van der Waals surface area contributed by atoms with E-state index in [0.717, 1.165) is 22.8 Å². The largest absolute Gasteiger partial charge is 0.392 e. The molecule has 2 rings (SSSR count). The molecule has 1 N–H and O–H groups in total. The van der Waals surface area contributed by atoms with Crippen LogP contribution in [-0.4, -0.2) is 17.7 Å². The van der Waals surface area contributed by atoms with E-state index in [4.69, 9.17) is 11.6 Å². The van der Waals surface area contributed by atoms with Gasteiger partial charge in [0.25, 0.3) is 0 Å². The second kappa shape index (κ2) is 5.50. The number of benzene rings is 1. The molecule has 1 aliphatic heterocycles. The molecule has 0 spiro atoms. The van der Waals surface area contributed by atoms with E-state index in [0.29, 0.717) is 17.9 Å². The molecule has 1 heterocycles. The van der Waals surface area contributed by atoms with Crippen molar-refractivity contribution in [2.24, 2.45) is 11.8 Å². The summed E-state index contributed by atoms with van der Waals surface area (Å²) in [4.78, 5) is 2.40. The molecule has 100 valence electrons. The Bertz CT molecular complexity index is 421.